The maximum absolute atomic E-state index is 12.9. The number of nitrogens with one attached hydrogen (secondary N) is 1. The molecule has 0 aromatic rings. The van der Waals surface area contributed by atoms with Gasteiger partial charge in [0.2, 0.25) is 11.8 Å². The Morgan fingerprint density at radius 2 is 1.74 bits per heavy atom. The minimum Gasteiger partial charge on any atom is -0.381 e. The van der Waals surface area contributed by atoms with Gasteiger partial charge in [-0.25, -0.2) is 0 Å². The van der Waals surface area contributed by atoms with Gasteiger partial charge in [-0.1, -0.05) is 33.1 Å². The molecule has 3 rings (SSSR count). The predicted octanol–water partition coefficient (Wildman–Crippen LogP) is 3.52. The first-order valence-electron chi connectivity index (χ1n) is 11.3. The standard InChI is InChI=1S/C22H38N2O3/c1-3-5-6-17-7-9-18(10-8-17)20(25)23-19-15-24(16-19)21(26)22(4-2)11-13-27-14-12-22/h17-19H,3-16H2,1-2H3,(H,23,25). The minimum absolute atomic E-state index is 0.146. The molecule has 0 aromatic heterocycles. The second kappa shape index (κ2) is 9.40. The molecule has 0 radical (unpaired) electrons. The van der Waals surface area contributed by atoms with Crippen molar-refractivity contribution in [3.63, 3.8) is 0 Å². The first-order valence-corrected chi connectivity index (χ1v) is 11.3. The summed E-state index contributed by atoms with van der Waals surface area (Å²) in [5, 5.41) is 3.20. The summed E-state index contributed by atoms with van der Waals surface area (Å²) in [5.41, 5.74) is -0.232. The van der Waals surface area contributed by atoms with E-state index in [4.69, 9.17) is 4.74 Å². The maximum Gasteiger partial charge on any atom is 0.229 e. The molecule has 2 heterocycles. The molecule has 0 unspecified atom stereocenters. The van der Waals surface area contributed by atoms with E-state index in [2.05, 4.69) is 19.2 Å². The molecule has 0 bridgehead atoms. The van der Waals surface area contributed by atoms with Gasteiger partial charge in [-0.2, -0.15) is 0 Å². The van der Waals surface area contributed by atoms with Crippen LogP contribution >= 0.6 is 0 Å². The van der Waals surface area contributed by atoms with E-state index in [0.29, 0.717) is 26.3 Å². The molecule has 1 aliphatic carbocycles. The van der Waals surface area contributed by atoms with Crippen LogP contribution < -0.4 is 5.32 Å². The van der Waals surface area contributed by atoms with Gasteiger partial charge in [0, 0.05) is 32.2 Å². The molecule has 0 spiro atoms. The van der Waals surface area contributed by atoms with Crippen molar-refractivity contribution >= 4 is 11.8 Å². The van der Waals surface area contributed by atoms with E-state index in [1.54, 1.807) is 0 Å². The molecule has 0 aromatic carbocycles. The molecule has 1 saturated carbocycles. The minimum atomic E-state index is -0.232. The highest BCUT2D eigenvalue weighted by Crippen LogP contribution is 2.37. The van der Waals surface area contributed by atoms with Gasteiger partial charge in [0.25, 0.3) is 0 Å². The molecule has 5 nitrogen and oxygen atoms in total. The molecule has 3 aliphatic rings. The monoisotopic (exact) mass is 378 g/mol. The van der Waals surface area contributed by atoms with Crippen LogP contribution in [-0.4, -0.2) is 49.1 Å². The largest absolute Gasteiger partial charge is 0.381 e. The average Bonchev–Trinajstić information content (AvgIpc) is 2.69. The van der Waals surface area contributed by atoms with Gasteiger partial charge in [0.15, 0.2) is 0 Å². The van der Waals surface area contributed by atoms with Gasteiger partial charge in [-0.15, -0.1) is 0 Å². The van der Waals surface area contributed by atoms with Gasteiger partial charge >= 0.3 is 0 Å². The zero-order chi connectivity index (χ0) is 19.3. The topological polar surface area (TPSA) is 58.6 Å². The molecule has 2 amide bonds. The molecule has 3 fully saturated rings. The number of amides is 2. The summed E-state index contributed by atoms with van der Waals surface area (Å²) in [6.45, 7) is 7.09. The van der Waals surface area contributed by atoms with Crippen LogP contribution in [0.15, 0.2) is 0 Å². The van der Waals surface area contributed by atoms with Crippen molar-refractivity contribution in [2.45, 2.75) is 84.1 Å². The predicted molar refractivity (Wildman–Crippen MR) is 106 cm³/mol. The van der Waals surface area contributed by atoms with Gasteiger partial charge in [0.05, 0.1) is 11.5 Å². The van der Waals surface area contributed by atoms with Crippen LogP contribution in [0.4, 0.5) is 0 Å². The lowest BCUT2D eigenvalue weighted by Crippen LogP contribution is -2.64. The number of rotatable bonds is 7. The van der Waals surface area contributed by atoms with E-state index in [9.17, 15) is 9.59 Å². The molecule has 0 atom stereocenters. The van der Waals surface area contributed by atoms with Gasteiger partial charge in [-0.3, -0.25) is 9.59 Å². The van der Waals surface area contributed by atoms with E-state index < -0.39 is 0 Å². The Morgan fingerprint density at radius 3 is 2.33 bits per heavy atom. The normalized spacial score (nSPS) is 28.4. The first-order chi connectivity index (χ1) is 13.1. The van der Waals surface area contributed by atoms with E-state index >= 15 is 0 Å². The van der Waals surface area contributed by atoms with Crippen LogP contribution in [0.1, 0.15) is 78.1 Å². The lowest BCUT2D eigenvalue weighted by atomic mass is 9.76. The van der Waals surface area contributed by atoms with Crippen LogP contribution in [0, 0.1) is 17.3 Å². The molecule has 2 aliphatic heterocycles. The van der Waals surface area contributed by atoms with Crippen molar-refractivity contribution in [2.75, 3.05) is 26.3 Å². The molecule has 1 N–H and O–H groups in total. The Bertz CT molecular complexity index is 502. The summed E-state index contributed by atoms with van der Waals surface area (Å²) in [6, 6.07) is 0.146. The Morgan fingerprint density at radius 1 is 1.07 bits per heavy atom. The average molecular weight is 379 g/mol. The number of carbonyl (C=O) groups excluding carboxylic acids is 2. The zero-order valence-corrected chi connectivity index (χ0v) is 17.3. The highest BCUT2D eigenvalue weighted by atomic mass is 16.5. The summed E-state index contributed by atoms with van der Waals surface area (Å²) < 4.78 is 5.45. The van der Waals surface area contributed by atoms with Gasteiger partial charge in [0.1, 0.15) is 0 Å². The number of hydrogen-bond acceptors (Lipinski definition) is 3. The number of hydrogen-bond donors (Lipinski definition) is 1. The lowest BCUT2D eigenvalue weighted by molar-refractivity contribution is -0.154. The summed E-state index contributed by atoms with van der Waals surface area (Å²) in [5.74, 6) is 1.51. The third-order valence-corrected chi connectivity index (χ3v) is 7.28. The summed E-state index contributed by atoms with van der Waals surface area (Å²) in [4.78, 5) is 27.5. The quantitative estimate of drug-likeness (QED) is 0.737. The van der Waals surface area contributed by atoms with Crippen LogP contribution in [-0.2, 0) is 14.3 Å². The number of nitrogens with zero attached hydrogens (tertiary/aromatic N) is 1. The smallest absolute Gasteiger partial charge is 0.229 e. The lowest BCUT2D eigenvalue weighted by Gasteiger charge is -2.46. The Labute approximate surface area is 164 Å². The zero-order valence-electron chi connectivity index (χ0n) is 17.3. The molecule has 27 heavy (non-hydrogen) atoms. The van der Waals surface area contributed by atoms with Crippen molar-refractivity contribution in [1.82, 2.24) is 10.2 Å². The van der Waals surface area contributed by atoms with Crippen molar-refractivity contribution < 1.29 is 14.3 Å². The fourth-order valence-electron chi connectivity index (χ4n) is 5.08. The molecule has 154 valence electrons. The maximum atomic E-state index is 12.9. The van der Waals surface area contributed by atoms with Crippen molar-refractivity contribution in [2.24, 2.45) is 17.3 Å². The first kappa shape index (κ1) is 20.6. The van der Waals surface area contributed by atoms with Crippen molar-refractivity contribution in [3.8, 4) is 0 Å². The van der Waals surface area contributed by atoms with Crippen LogP contribution in [0.25, 0.3) is 0 Å². The third-order valence-electron chi connectivity index (χ3n) is 7.28. The van der Waals surface area contributed by atoms with Crippen molar-refractivity contribution in [3.05, 3.63) is 0 Å². The van der Waals surface area contributed by atoms with Gasteiger partial charge in [-0.05, 0) is 50.9 Å². The number of likely N-dealkylation sites (tertiary alicyclic amines) is 1. The summed E-state index contributed by atoms with van der Waals surface area (Å²) >= 11 is 0. The Hall–Kier alpha value is -1.10. The third kappa shape index (κ3) is 4.85. The number of ether oxygens (including phenoxy) is 1. The molecular weight excluding hydrogens is 340 g/mol. The van der Waals surface area contributed by atoms with E-state index in [1.165, 1.54) is 32.1 Å². The second-order valence-corrected chi connectivity index (χ2v) is 9.02. The highest BCUT2D eigenvalue weighted by Gasteiger charge is 2.45. The molecule has 5 heteroatoms. The SMILES string of the molecule is CCCCC1CCC(C(=O)NC2CN(C(=O)C3(CC)CCOCC3)C2)CC1. The van der Waals surface area contributed by atoms with Crippen LogP contribution in [0.5, 0.6) is 0 Å². The Kier molecular flexibility index (Phi) is 7.18. The van der Waals surface area contributed by atoms with E-state index in [-0.39, 0.29) is 29.2 Å². The van der Waals surface area contributed by atoms with Gasteiger partial charge < -0.3 is 15.0 Å². The van der Waals surface area contributed by atoms with Crippen LogP contribution in [0.3, 0.4) is 0 Å². The van der Waals surface area contributed by atoms with E-state index in [1.807, 2.05) is 4.90 Å². The molecular formula is C22H38N2O3. The second-order valence-electron chi connectivity index (χ2n) is 9.02. The number of unbranched alkanes of at least 4 members (excludes halogenated alkanes) is 1. The highest BCUT2D eigenvalue weighted by molar-refractivity contribution is 5.84. The Balaban J connectivity index is 1.39. The summed E-state index contributed by atoms with van der Waals surface area (Å²) in [7, 11) is 0. The van der Waals surface area contributed by atoms with E-state index in [0.717, 1.165) is 38.0 Å². The number of carbonyl (C=O) groups is 2. The fraction of sp³-hybridized carbons (Fsp3) is 0.909. The molecule has 2 saturated heterocycles. The van der Waals surface area contributed by atoms with Crippen molar-refractivity contribution in [1.29, 1.82) is 0 Å². The fourth-order valence-corrected chi connectivity index (χ4v) is 5.08. The van der Waals surface area contributed by atoms with Crippen LogP contribution in [0.2, 0.25) is 0 Å². The summed E-state index contributed by atoms with van der Waals surface area (Å²) in [6.07, 6.45) is 10.9.